The van der Waals surface area contributed by atoms with Crippen molar-refractivity contribution in [2.24, 2.45) is 0 Å². The number of aromatic nitrogens is 2. The van der Waals surface area contributed by atoms with Crippen LogP contribution in [0.2, 0.25) is 0 Å². The van der Waals surface area contributed by atoms with Gasteiger partial charge in [0.25, 0.3) is 5.91 Å². The number of amides is 3. The molecule has 1 aliphatic carbocycles. The molecular weight excluding hydrogens is 306 g/mol. The summed E-state index contributed by atoms with van der Waals surface area (Å²) in [6.07, 6.45) is 7.43. The quantitative estimate of drug-likeness (QED) is 0.693. The third-order valence-electron chi connectivity index (χ3n) is 5.35. The normalized spacial score (nSPS) is 26.9. The van der Waals surface area contributed by atoms with E-state index in [-0.39, 0.29) is 11.9 Å². The van der Waals surface area contributed by atoms with Crippen LogP contribution < -0.4 is 10.6 Å². The summed E-state index contributed by atoms with van der Waals surface area (Å²) in [6.45, 7) is 4.18. The van der Waals surface area contributed by atoms with Crippen molar-refractivity contribution in [2.45, 2.75) is 63.5 Å². The van der Waals surface area contributed by atoms with Crippen LogP contribution in [0.5, 0.6) is 0 Å². The first-order chi connectivity index (χ1) is 11.5. The Hall–Kier alpha value is -1.89. The minimum atomic E-state index is -0.689. The van der Waals surface area contributed by atoms with E-state index in [4.69, 9.17) is 0 Å². The summed E-state index contributed by atoms with van der Waals surface area (Å²) in [5.74, 6) is 0.202. The second-order valence-electron chi connectivity index (χ2n) is 7.16. The van der Waals surface area contributed by atoms with Gasteiger partial charge in [0.15, 0.2) is 0 Å². The van der Waals surface area contributed by atoms with E-state index in [9.17, 15) is 9.59 Å². The Morgan fingerprint density at radius 3 is 2.71 bits per heavy atom. The fourth-order valence-electron chi connectivity index (χ4n) is 3.88. The molecule has 3 amide bonds. The van der Waals surface area contributed by atoms with E-state index in [1.54, 1.807) is 0 Å². The van der Waals surface area contributed by atoms with Crippen LogP contribution in [-0.2, 0) is 11.3 Å². The van der Waals surface area contributed by atoms with Crippen molar-refractivity contribution in [2.75, 3.05) is 13.6 Å². The number of nitrogens with zero attached hydrogens (tertiary/aromatic N) is 2. The van der Waals surface area contributed by atoms with Crippen LogP contribution in [0, 0.1) is 0 Å². The molecule has 1 aromatic rings. The third-order valence-corrected chi connectivity index (χ3v) is 5.35. The van der Waals surface area contributed by atoms with Crippen LogP contribution in [-0.4, -0.2) is 46.2 Å². The van der Waals surface area contributed by atoms with Crippen LogP contribution in [0.25, 0.3) is 0 Å². The highest BCUT2D eigenvalue weighted by molar-refractivity contribution is 6.07. The first-order valence-electron chi connectivity index (χ1n) is 8.88. The molecule has 24 heavy (non-hydrogen) atoms. The molecule has 0 bridgehead atoms. The van der Waals surface area contributed by atoms with Crippen molar-refractivity contribution >= 4 is 11.9 Å². The van der Waals surface area contributed by atoms with Gasteiger partial charge in [0.2, 0.25) is 0 Å². The van der Waals surface area contributed by atoms with Gasteiger partial charge in [-0.2, -0.15) is 5.10 Å². The zero-order chi connectivity index (χ0) is 17.2. The number of hydrogen-bond donors (Lipinski definition) is 3. The van der Waals surface area contributed by atoms with Crippen molar-refractivity contribution in [1.82, 2.24) is 25.7 Å². The molecule has 7 heteroatoms. The zero-order valence-electron chi connectivity index (χ0n) is 14.5. The number of rotatable bonds is 6. The maximum Gasteiger partial charge on any atom is 0.322 e. The SMILES string of the molecule is CCCCN(C)Cc1cn[nH]c1C1CCC2(CC1)NC(=O)NC2=O. The standard InChI is InChI=1S/C17H27N5O2/c1-3-4-9-22(2)11-13-10-18-21-14(13)12-5-7-17(8-6-12)15(23)19-16(24)20-17/h10,12H,3-9,11H2,1-2H3,(H,18,21)(H2,19,20,23,24). The van der Waals surface area contributed by atoms with Crippen molar-refractivity contribution in [1.29, 1.82) is 0 Å². The van der Waals surface area contributed by atoms with Crippen molar-refractivity contribution in [3.63, 3.8) is 0 Å². The van der Waals surface area contributed by atoms with E-state index >= 15 is 0 Å². The van der Waals surface area contributed by atoms with Gasteiger partial charge in [0.1, 0.15) is 5.54 Å². The van der Waals surface area contributed by atoms with Crippen LogP contribution in [0.3, 0.4) is 0 Å². The number of carbonyl (C=O) groups excluding carboxylic acids is 2. The number of nitrogens with one attached hydrogen (secondary N) is 3. The molecule has 1 aromatic heterocycles. The summed E-state index contributed by atoms with van der Waals surface area (Å²) in [5.41, 5.74) is 1.75. The average Bonchev–Trinajstić information content (AvgIpc) is 3.11. The molecule has 0 unspecified atom stereocenters. The number of imide groups is 1. The van der Waals surface area contributed by atoms with Crippen molar-refractivity contribution in [3.05, 3.63) is 17.5 Å². The zero-order valence-corrected chi connectivity index (χ0v) is 14.5. The second-order valence-corrected chi connectivity index (χ2v) is 7.16. The van der Waals surface area contributed by atoms with Crippen LogP contribution in [0.4, 0.5) is 4.79 Å². The van der Waals surface area contributed by atoms with E-state index in [1.807, 2.05) is 6.20 Å². The Morgan fingerprint density at radius 2 is 2.08 bits per heavy atom. The number of carbonyl (C=O) groups is 2. The van der Waals surface area contributed by atoms with Crippen molar-refractivity contribution < 1.29 is 9.59 Å². The summed E-state index contributed by atoms with van der Waals surface area (Å²) in [7, 11) is 2.14. The highest BCUT2D eigenvalue weighted by Crippen LogP contribution is 2.39. The maximum absolute atomic E-state index is 12.0. The van der Waals surface area contributed by atoms with Crippen LogP contribution >= 0.6 is 0 Å². The van der Waals surface area contributed by atoms with E-state index in [0.717, 1.165) is 25.9 Å². The lowest BCUT2D eigenvalue weighted by Gasteiger charge is -2.34. The molecule has 2 heterocycles. The van der Waals surface area contributed by atoms with Gasteiger partial charge in [0.05, 0.1) is 6.20 Å². The lowest BCUT2D eigenvalue weighted by Crippen LogP contribution is -2.49. The largest absolute Gasteiger partial charge is 0.323 e. The van der Waals surface area contributed by atoms with Crippen LogP contribution in [0.1, 0.15) is 62.6 Å². The summed E-state index contributed by atoms with van der Waals surface area (Å²) >= 11 is 0. The lowest BCUT2D eigenvalue weighted by molar-refractivity contribution is -0.125. The van der Waals surface area contributed by atoms with Gasteiger partial charge in [-0.05, 0) is 45.7 Å². The lowest BCUT2D eigenvalue weighted by atomic mass is 9.75. The van der Waals surface area contributed by atoms with Crippen LogP contribution in [0.15, 0.2) is 6.20 Å². The number of H-pyrrole nitrogens is 1. The fourth-order valence-corrected chi connectivity index (χ4v) is 3.88. The maximum atomic E-state index is 12.0. The molecule has 0 radical (unpaired) electrons. The van der Waals surface area contributed by atoms with E-state index in [0.29, 0.717) is 18.8 Å². The molecule has 3 rings (SSSR count). The molecular formula is C17H27N5O2. The molecule has 0 aromatic carbocycles. The molecule has 0 atom stereocenters. The summed E-state index contributed by atoms with van der Waals surface area (Å²) in [5, 5.41) is 12.6. The number of unbranched alkanes of at least 4 members (excludes halogenated alkanes) is 1. The third kappa shape index (κ3) is 3.31. The Kier molecular flexibility index (Phi) is 4.89. The second kappa shape index (κ2) is 6.93. The Balaban J connectivity index is 1.62. The molecule has 1 spiro atoms. The van der Waals surface area contributed by atoms with E-state index in [2.05, 4.69) is 39.7 Å². The van der Waals surface area contributed by atoms with Gasteiger partial charge in [-0.15, -0.1) is 0 Å². The Labute approximate surface area is 142 Å². The van der Waals surface area contributed by atoms with Gasteiger partial charge in [-0.3, -0.25) is 15.2 Å². The number of hydrogen-bond acceptors (Lipinski definition) is 4. The minimum Gasteiger partial charge on any atom is -0.323 e. The number of aromatic amines is 1. The monoisotopic (exact) mass is 333 g/mol. The minimum absolute atomic E-state index is 0.171. The first kappa shape index (κ1) is 17.0. The molecule has 3 N–H and O–H groups in total. The Bertz CT molecular complexity index is 604. The van der Waals surface area contributed by atoms with E-state index in [1.165, 1.54) is 24.1 Å². The van der Waals surface area contributed by atoms with Gasteiger partial charge >= 0.3 is 6.03 Å². The molecule has 1 saturated carbocycles. The van der Waals surface area contributed by atoms with Gasteiger partial charge in [0, 0.05) is 23.7 Å². The van der Waals surface area contributed by atoms with E-state index < -0.39 is 5.54 Å². The molecule has 132 valence electrons. The highest BCUT2D eigenvalue weighted by atomic mass is 16.2. The molecule has 1 aliphatic heterocycles. The number of urea groups is 1. The smallest absolute Gasteiger partial charge is 0.322 e. The summed E-state index contributed by atoms with van der Waals surface area (Å²) in [4.78, 5) is 25.8. The van der Waals surface area contributed by atoms with Gasteiger partial charge in [-0.25, -0.2) is 4.79 Å². The first-order valence-corrected chi connectivity index (χ1v) is 8.88. The fraction of sp³-hybridized carbons (Fsp3) is 0.706. The topological polar surface area (TPSA) is 90.1 Å². The summed E-state index contributed by atoms with van der Waals surface area (Å²) < 4.78 is 0. The molecule has 2 aliphatic rings. The summed E-state index contributed by atoms with van der Waals surface area (Å²) in [6, 6.07) is -0.363. The predicted octanol–water partition coefficient (Wildman–Crippen LogP) is 1.88. The van der Waals surface area contributed by atoms with Gasteiger partial charge in [-0.1, -0.05) is 13.3 Å². The highest BCUT2D eigenvalue weighted by Gasteiger charge is 2.48. The predicted molar refractivity (Wildman–Crippen MR) is 90.4 cm³/mol. The Morgan fingerprint density at radius 1 is 1.33 bits per heavy atom. The average molecular weight is 333 g/mol. The molecule has 2 fully saturated rings. The van der Waals surface area contributed by atoms with Gasteiger partial charge < -0.3 is 10.2 Å². The molecule has 1 saturated heterocycles. The van der Waals surface area contributed by atoms with Crippen molar-refractivity contribution in [3.8, 4) is 0 Å². The molecule has 7 nitrogen and oxygen atoms in total.